The van der Waals surface area contributed by atoms with E-state index in [0.717, 1.165) is 21.1 Å². The van der Waals surface area contributed by atoms with E-state index in [9.17, 15) is 0 Å². The van der Waals surface area contributed by atoms with Crippen molar-refractivity contribution in [1.82, 2.24) is 0 Å². The van der Waals surface area contributed by atoms with Crippen LogP contribution in [0.1, 0.15) is 32.6 Å². The number of ether oxygens (including phenoxy) is 1. The van der Waals surface area contributed by atoms with Crippen LogP contribution in [0.4, 0.5) is 0 Å². The third-order valence-electron chi connectivity index (χ3n) is 2.50. The summed E-state index contributed by atoms with van der Waals surface area (Å²) in [5.74, 6) is 0.907. The van der Waals surface area contributed by atoms with Crippen LogP contribution in [-0.4, -0.2) is 19.4 Å². The Labute approximate surface area is 96.1 Å². The van der Waals surface area contributed by atoms with Crippen molar-refractivity contribution in [2.45, 2.75) is 38.7 Å². The average Bonchev–Trinajstić information content (AvgIpc) is 2.87. The quantitative estimate of drug-likeness (QED) is 0.287. The molecular weight excluding hydrogens is 218 g/mol. The van der Waals surface area contributed by atoms with Gasteiger partial charge < -0.3 is 10.9 Å². The molecule has 0 saturated carbocycles. The maximum atomic E-state index is 5.24. The maximum absolute atomic E-state index is 5.24. The van der Waals surface area contributed by atoms with Gasteiger partial charge in [0.25, 0.3) is 0 Å². The summed E-state index contributed by atoms with van der Waals surface area (Å²) in [5, 5.41) is 0. The molecule has 3 atom stereocenters. The third kappa shape index (κ3) is 6.97. The van der Waals surface area contributed by atoms with Crippen LogP contribution in [0.2, 0.25) is 0 Å². The molecule has 1 radical (unpaired) electrons. The SMILES string of the molecule is CCC(CC[CH-]PC)CC1CO1.[V]. The van der Waals surface area contributed by atoms with Crippen molar-refractivity contribution in [2.75, 3.05) is 13.3 Å². The van der Waals surface area contributed by atoms with Crippen molar-refractivity contribution < 1.29 is 23.3 Å². The Morgan fingerprint density at radius 1 is 1.62 bits per heavy atom. The summed E-state index contributed by atoms with van der Waals surface area (Å²) in [6.07, 6.45) is 8.34. The molecule has 1 saturated heterocycles. The van der Waals surface area contributed by atoms with Gasteiger partial charge in [-0.1, -0.05) is 26.4 Å². The molecule has 1 aliphatic heterocycles. The van der Waals surface area contributed by atoms with E-state index < -0.39 is 0 Å². The van der Waals surface area contributed by atoms with E-state index in [1.165, 1.54) is 25.7 Å². The fourth-order valence-electron chi connectivity index (χ4n) is 1.53. The fraction of sp³-hybridized carbons (Fsp3) is 0.900. The molecule has 0 bridgehead atoms. The Morgan fingerprint density at radius 2 is 2.31 bits per heavy atom. The Hall–Kier alpha value is 0.974. The number of rotatable bonds is 7. The molecule has 1 heterocycles. The molecule has 0 aromatic rings. The summed E-state index contributed by atoms with van der Waals surface area (Å²) in [6.45, 7) is 5.56. The van der Waals surface area contributed by atoms with Crippen molar-refractivity contribution in [1.29, 1.82) is 0 Å². The molecule has 13 heavy (non-hydrogen) atoms. The first kappa shape index (κ1) is 14.0. The summed E-state index contributed by atoms with van der Waals surface area (Å²) in [4.78, 5) is 0. The second-order valence-electron chi connectivity index (χ2n) is 3.54. The van der Waals surface area contributed by atoms with Gasteiger partial charge in [0.1, 0.15) is 0 Å². The Balaban J connectivity index is 0.00000144. The van der Waals surface area contributed by atoms with E-state index in [4.69, 9.17) is 4.74 Å². The molecule has 0 aromatic carbocycles. The molecular formula is C10H20OPV-. The van der Waals surface area contributed by atoms with Gasteiger partial charge in [-0.05, 0) is 12.3 Å². The van der Waals surface area contributed by atoms with Gasteiger partial charge in [0.15, 0.2) is 0 Å². The standard InChI is InChI=1S/C10H20OP.V/c1-3-9(5-4-6-12-2)7-10-8-11-10;/h6,9-10,12H,3-5,7-8H2,1-2H3;/q-1;. The van der Waals surface area contributed by atoms with E-state index in [0.29, 0.717) is 6.10 Å². The van der Waals surface area contributed by atoms with Crippen LogP contribution in [0.3, 0.4) is 0 Å². The Bertz CT molecular complexity index is 117. The zero-order valence-electron chi connectivity index (χ0n) is 8.62. The zero-order valence-corrected chi connectivity index (χ0v) is 11.0. The second-order valence-corrected chi connectivity index (χ2v) is 4.52. The minimum Gasteiger partial charge on any atom is -0.373 e. The predicted molar refractivity (Wildman–Crippen MR) is 55.9 cm³/mol. The molecule has 77 valence electrons. The molecule has 3 unspecified atom stereocenters. The first-order valence-corrected chi connectivity index (χ1v) is 6.55. The van der Waals surface area contributed by atoms with Crippen molar-refractivity contribution in [3.05, 3.63) is 6.16 Å². The van der Waals surface area contributed by atoms with Gasteiger partial charge in [0.05, 0.1) is 12.7 Å². The topological polar surface area (TPSA) is 12.5 Å². The first-order valence-electron chi connectivity index (χ1n) is 4.97. The van der Waals surface area contributed by atoms with E-state index in [-0.39, 0.29) is 18.6 Å². The van der Waals surface area contributed by atoms with Crippen LogP contribution in [0, 0.1) is 12.1 Å². The van der Waals surface area contributed by atoms with Crippen LogP contribution in [0.15, 0.2) is 0 Å². The molecule has 0 N–H and O–H groups in total. The first-order chi connectivity index (χ1) is 5.86. The summed E-state index contributed by atoms with van der Waals surface area (Å²) in [6, 6.07) is 0. The predicted octanol–water partition coefficient (Wildman–Crippen LogP) is 3.05. The molecule has 1 nitrogen and oxygen atoms in total. The molecule has 3 heteroatoms. The molecule has 0 spiro atoms. The average molecular weight is 238 g/mol. The Morgan fingerprint density at radius 3 is 2.77 bits per heavy atom. The van der Waals surface area contributed by atoms with Gasteiger partial charge in [-0.25, -0.2) is 0 Å². The van der Waals surface area contributed by atoms with Gasteiger partial charge >= 0.3 is 0 Å². The van der Waals surface area contributed by atoms with Crippen molar-refractivity contribution >= 4 is 8.58 Å². The number of hydrogen-bond donors (Lipinski definition) is 0. The minimum atomic E-state index is 0. The van der Waals surface area contributed by atoms with Gasteiger partial charge in [-0.3, -0.25) is 8.58 Å². The third-order valence-corrected chi connectivity index (χ3v) is 3.20. The second kappa shape index (κ2) is 8.30. The summed E-state index contributed by atoms with van der Waals surface area (Å²) < 4.78 is 5.24. The molecule has 1 fully saturated rings. The van der Waals surface area contributed by atoms with Crippen molar-refractivity contribution in [3.63, 3.8) is 0 Å². The fourth-order valence-corrected chi connectivity index (χ4v) is 1.98. The van der Waals surface area contributed by atoms with E-state index in [2.05, 4.69) is 19.8 Å². The Kier molecular flexibility index (Phi) is 8.92. The molecule has 0 amide bonds. The molecule has 1 aliphatic rings. The van der Waals surface area contributed by atoms with Crippen LogP contribution >= 0.6 is 8.58 Å². The number of epoxide rings is 1. The smallest absolute Gasteiger partial charge is 0.0812 e. The van der Waals surface area contributed by atoms with E-state index >= 15 is 0 Å². The summed E-state index contributed by atoms with van der Waals surface area (Å²) in [5.41, 5.74) is 0. The van der Waals surface area contributed by atoms with Crippen LogP contribution < -0.4 is 0 Å². The summed E-state index contributed by atoms with van der Waals surface area (Å²) in [7, 11) is 1.01. The van der Waals surface area contributed by atoms with Crippen molar-refractivity contribution in [3.8, 4) is 0 Å². The molecule has 0 aromatic heterocycles. The van der Waals surface area contributed by atoms with E-state index in [1.807, 2.05) is 0 Å². The van der Waals surface area contributed by atoms with Crippen molar-refractivity contribution in [2.24, 2.45) is 5.92 Å². The van der Waals surface area contributed by atoms with Gasteiger partial charge in [-0.15, -0.1) is 0 Å². The summed E-state index contributed by atoms with van der Waals surface area (Å²) >= 11 is 0. The van der Waals surface area contributed by atoms with Crippen LogP contribution in [0.5, 0.6) is 0 Å². The molecule has 0 aliphatic carbocycles. The van der Waals surface area contributed by atoms with Crippen LogP contribution in [-0.2, 0) is 23.3 Å². The zero-order chi connectivity index (χ0) is 8.81. The number of hydrogen-bond acceptors (Lipinski definition) is 1. The monoisotopic (exact) mass is 238 g/mol. The van der Waals surface area contributed by atoms with Crippen LogP contribution in [0.25, 0.3) is 0 Å². The maximum Gasteiger partial charge on any atom is 0.0812 e. The minimum absolute atomic E-state index is 0. The largest absolute Gasteiger partial charge is 0.373 e. The van der Waals surface area contributed by atoms with Gasteiger partial charge in [-0.2, -0.15) is 6.42 Å². The van der Waals surface area contributed by atoms with Gasteiger partial charge in [0.2, 0.25) is 0 Å². The molecule has 1 rings (SSSR count). The van der Waals surface area contributed by atoms with Gasteiger partial charge in [0, 0.05) is 18.6 Å². The normalized spacial score (nSPS) is 23.1. The van der Waals surface area contributed by atoms with E-state index in [1.54, 1.807) is 0 Å².